The van der Waals surface area contributed by atoms with Crippen molar-refractivity contribution in [1.29, 1.82) is 0 Å². The first-order valence-corrected chi connectivity index (χ1v) is 4.75. The van der Waals surface area contributed by atoms with Gasteiger partial charge in [-0.05, 0) is 18.8 Å². The summed E-state index contributed by atoms with van der Waals surface area (Å²) in [6.07, 6.45) is -1.84. The smallest absolute Gasteiger partial charge is 0.384 e. The Morgan fingerprint density at radius 1 is 1.23 bits per heavy atom. The molecular weight excluding hydrogens is 181 g/mol. The Labute approximate surface area is 75.9 Å². The fourth-order valence-electron chi connectivity index (χ4n) is 1.86. The summed E-state index contributed by atoms with van der Waals surface area (Å²) in [4.78, 5) is 0. The molecule has 78 valence electrons. The summed E-state index contributed by atoms with van der Waals surface area (Å²) in [5.74, 6) is 0.414. The molecule has 1 rings (SSSR count). The molecule has 0 spiro atoms. The van der Waals surface area contributed by atoms with E-state index >= 15 is 0 Å². The molecule has 0 amide bonds. The van der Waals surface area contributed by atoms with Crippen LogP contribution in [0.4, 0.5) is 13.2 Å². The Bertz CT molecular complexity index is 149. The number of rotatable bonds is 3. The molecule has 0 aromatic carbocycles. The predicted octanol–water partition coefficient (Wildman–Crippen LogP) is 2.88. The van der Waals surface area contributed by atoms with Crippen molar-refractivity contribution in [3.05, 3.63) is 0 Å². The number of hydrogen-bond donors (Lipinski definition) is 1. The third kappa shape index (κ3) is 3.55. The first-order valence-electron chi connectivity index (χ1n) is 4.75. The summed E-state index contributed by atoms with van der Waals surface area (Å²) in [6, 6.07) is 0. The van der Waals surface area contributed by atoms with Gasteiger partial charge in [0.25, 0.3) is 0 Å². The van der Waals surface area contributed by atoms with Crippen LogP contribution in [0.5, 0.6) is 0 Å². The topological polar surface area (TPSA) is 20.2 Å². The molecule has 0 bridgehead atoms. The number of aliphatic hydroxyl groups excluding tert-OH is 1. The second kappa shape index (κ2) is 4.31. The highest BCUT2D eigenvalue weighted by atomic mass is 19.4. The molecule has 0 heterocycles. The van der Waals surface area contributed by atoms with E-state index in [2.05, 4.69) is 0 Å². The van der Waals surface area contributed by atoms with Gasteiger partial charge in [-0.25, -0.2) is 0 Å². The van der Waals surface area contributed by atoms with E-state index in [9.17, 15) is 13.2 Å². The normalized spacial score (nSPS) is 22.2. The largest absolute Gasteiger partial charge is 0.414 e. The Morgan fingerprint density at radius 3 is 2.23 bits per heavy atom. The minimum atomic E-state index is -4.43. The molecule has 1 nitrogen and oxygen atoms in total. The number of hydrogen-bond acceptors (Lipinski definition) is 1. The van der Waals surface area contributed by atoms with Crippen LogP contribution in [-0.4, -0.2) is 17.4 Å². The molecule has 0 aliphatic heterocycles. The molecule has 1 aliphatic rings. The van der Waals surface area contributed by atoms with Gasteiger partial charge < -0.3 is 5.11 Å². The zero-order valence-electron chi connectivity index (χ0n) is 7.48. The predicted molar refractivity (Wildman–Crippen MR) is 43.3 cm³/mol. The van der Waals surface area contributed by atoms with Crippen molar-refractivity contribution >= 4 is 0 Å². The van der Waals surface area contributed by atoms with E-state index in [-0.39, 0.29) is 6.42 Å². The minimum absolute atomic E-state index is 0.131. The van der Waals surface area contributed by atoms with Gasteiger partial charge in [0.05, 0.1) is 0 Å². The summed E-state index contributed by atoms with van der Waals surface area (Å²) in [5.41, 5.74) is 0. The molecule has 1 unspecified atom stereocenters. The molecule has 13 heavy (non-hydrogen) atoms. The fourth-order valence-corrected chi connectivity index (χ4v) is 1.86. The van der Waals surface area contributed by atoms with Gasteiger partial charge in [0.2, 0.25) is 0 Å². The zero-order chi connectivity index (χ0) is 9.90. The minimum Gasteiger partial charge on any atom is -0.384 e. The van der Waals surface area contributed by atoms with Crippen LogP contribution in [0.1, 0.15) is 38.5 Å². The lowest BCUT2D eigenvalue weighted by Crippen LogP contribution is -2.28. The first-order chi connectivity index (χ1) is 6.00. The van der Waals surface area contributed by atoms with E-state index in [1.807, 2.05) is 0 Å². The van der Waals surface area contributed by atoms with E-state index in [4.69, 9.17) is 5.11 Å². The Hall–Kier alpha value is -0.250. The third-order valence-electron chi connectivity index (χ3n) is 2.70. The van der Waals surface area contributed by atoms with Crippen molar-refractivity contribution in [2.75, 3.05) is 0 Å². The van der Waals surface area contributed by atoms with Crippen molar-refractivity contribution in [1.82, 2.24) is 0 Å². The molecule has 4 heteroatoms. The Kier molecular flexibility index (Phi) is 3.59. The van der Waals surface area contributed by atoms with Gasteiger partial charge in [-0.1, -0.05) is 25.7 Å². The van der Waals surface area contributed by atoms with E-state index in [1.165, 1.54) is 0 Å². The standard InChI is InChI=1S/C9H15F3O/c10-9(11,12)8(13)6-5-7-3-1-2-4-7/h7-8,13H,1-6H2. The molecule has 0 saturated heterocycles. The molecule has 1 saturated carbocycles. The highest BCUT2D eigenvalue weighted by Gasteiger charge is 2.38. The Morgan fingerprint density at radius 2 is 1.77 bits per heavy atom. The van der Waals surface area contributed by atoms with Crippen molar-refractivity contribution in [2.24, 2.45) is 5.92 Å². The second-order valence-corrected chi connectivity index (χ2v) is 3.79. The molecule has 0 aromatic rings. The maximum atomic E-state index is 11.9. The SMILES string of the molecule is OC(CCC1CCCC1)C(F)(F)F. The molecule has 1 atom stereocenters. The Balaban J connectivity index is 2.17. The van der Waals surface area contributed by atoms with Crippen LogP contribution in [0.3, 0.4) is 0 Å². The van der Waals surface area contributed by atoms with Crippen LogP contribution in [0.2, 0.25) is 0 Å². The molecule has 0 radical (unpaired) electrons. The maximum absolute atomic E-state index is 11.9. The lowest BCUT2D eigenvalue weighted by Gasteiger charge is -2.16. The molecule has 1 N–H and O–H groups in total. The van der Waals surface area contributed by atoms with Gasteiger partial charge in [0, 0.05) is 0 Å². The van der Waals surface area contributed by atoms with Crippen LogP contribution in [-0.2, 0) is 0 Å². The third-order valence-corrected chi connectivity index (χ3v) is 2.70. The van der Waals surface area contributed by atoms with E-state index in [1.54, 1.807) is 0 Å². The van der Waals surface area contributed by atoms with Crippen molar-refractivity contribution in [2.45, 2.75) is 50.8 Å². The van der Waals surface area contributed by atoms with Crippen LogP contribution in [0, 0.1) is 5.92 Å². The van der Waals surface area contributed by atoms with E-state index in [0.29, 0.717) is 12.3 Å². The number of alkyl halides is 3. The maximum Gasteiger partial charge on any atom is 0.414 e. The van der Waals surface area contributed by atoms with Gasteiger partial charge in [-0.2, -0.15) is 13.2 Å². The highest BCUT2D eigenvalue weighted by Crippen LogP contribution is 2.31. The van der Waals surface area contributed by atoms with Gasteiger partial charge in [0.15, 0.2) is 0 Å². The molecule has 1 aliphatic carbocycles. The molecule has 1 fully saturated rings. The number of aliphatic hydroxyl groups is 1. The molecular formula is C9H15F3O. The zero-order valence-corrected chi connectivity index (χ0v) is 7.48. The summed E-state index contributed by atoms with van der Waals surface area (Å²) < 4.78 is 35.6. The highest BCUT2D eigenvalue weighted by molar-refractivity contribution is 4.71. The van der Waals surface area contributed by atoms with Crippen molar-refractivity contribution < 1.29 is 18.3 Å². The van der Waals surface area contributed by atoms with Gasteiger partial charge in [-0.15, -0.1) is 0 Å². The average Bonchev–Trinajstić information content (AvgIpc) is 2.50. The van der Waals surface area contributed by atoms with Crippen LogP contribution < -0.4 is 0 Å². The van der Waals surface area contributed by atoms with Gasteiger partial charge in [0.1, 0.15) is 6.10 Å². The fraction of sp³-hybridized carbons (Fsp3) is 1.00. The van der Waals surface area contributed by atoms with Crippen LogP contribution in [0.25, 0.3) is 0 Å². The van der Waals surface area contributed by atoms with E-state index in [0.717, 1.165) is 25.7 Å². The second-order valence-electron chi connectivity index (χ2n) is 3.79. The molecule has 0 aromatic heterocycles. The lowest BCUT2D eigenvalue weighted by atomic mass is 9.99. The quantitative estimate of drug-likeness (QED) is 0.735. The monoisotopic (exact) mass is 196 g/mol. The lowest BCUT2D eigenvalue weighted by molar-refractivity contribution is -0.206. The van der Waals surface area contributed by atoms with Gasteiger partial charge in [-0.3, -0.25) is 0 Å². The number of halogens is 3. The summed E-state index contributed by atoms with van der Waals surface area (Å²) >= 11 is 0. The van der Waals surface area contributed by atoms with Gasteiger partial charge >= 0.3 is 6.18 Å². The summed E-state index contributed by atoms with van der Waals surface area (Å²) in [5, 5.41) is 8.72. The first kappa shape index (κ1) is 10.8. The van der Waals surface area contributed by atoms with Crippen LogP contribution in [0.15, 0.2) is 0 Å². The van der Waals surface area contributed by atoms with Crippen molar-refractivity contribution in [3.8, 4) is 0 Å². The van der Waals surface area contributed by atoms with Crippen molar-refractivity contribution in [3.63, 3.8) is 0 Å². The average molecular weight is 196 g/mol. The van der Waals surface area contributed by atoms with E-state index < -0.39 is 12.3 Å². The summed E-state index contributed by atoms with van der Waals surface area (Å²) in [6.45, 7) is 0. The van der Waals surface area contributed by atoms with Crippen LogP contribution >= 0.6 is 0 Å². The summed E-state index contributed by atoms with van der Waals surface area (Å²) in [7, 11) is 0.